The number of rotatable bonds is 5. The van der Waals surface area contributed by atoms with Crippen molar-refractivity contribution in [3.8, 4) is 17.0 Å². The van der Waals surface area contributed by atoms with Crippen LogP contribution in [-0.4, -0.2) is 21.0 Å². The van der Waals surface area contributed by atoms with Crippen molar-refractivity contribution in [2.24, 2.45) is 5.92 Å². The molecule has 0 radical (unpaired) electrons. The number of benzene rings is 1. The molecule has 5 nitrogen and oxygen atoms in total. The number of carbonyl (C=O) groups excluding carboxylic acids is 1. The van der Waals surface area contributed by atoms with Crippen LogP contribution in [0.2, 0.25) is 0 Å². The van der Waals surface area contributed by atoms with E-state index in [2.05, 4.69) is 10.3 Å². The summed E-state index contributed by atoms with van der Waals surface area (Å²) < 4.78 is 0. The Kier molecular flexibility index (Phi) is 5.86. The van der Waals surface area contributed by atoms with Crippen LogP contribution in [0.15, 0.2) is 30.5 Å². The second-order valence-corrected chi connectivity index (χ2v) is 7.52. The molecule has 2 N–H and O–H groups in total. The number of phenolic OH excluding ortho intramolecular Hbond substituents is 1. The van der Waals surface area contributed by atoms with E-state index in [9.17, 15) is 9.90 Å². The van der Waals surface area contributed by atoms with E-state index in [1.54, 1.807) is 18.3 Å². The van der Waals surface area contributed by atoms with Crippen LogP contribution in [-0.2, 0) is 4.79 Å². The Labute approximate surface area is 154 Å². The zero-order valence-corrected chi connectivity index (χ0v) is 15.5. The molecule has 0 bridgehead atoms. The second kappa shape index (κ2) is 8.30. The predicted octanol–water partition coefficient (Wildman–Crippen LogP) is 4.88. The standard InChI is InChI=1S/C21H27N3O2/c1-14(2)12-19(26)24-21-20(16-6-4-3-5-7-16)23-18(13-22-21)15-8-10-17(25)11-9-15/h8-11,13-14,16,25H,3-7,12H2,1-2H3,(H,22,24,26). The molecular weight excluding hydrogens is 326 g/mol. The fourth-order valence-corrected chi connectivity index (χ4v) is 3.49. The zero-order valence-electron chi connectivity index (χ0n) is 15.5. The molecule has 1 aliphatic carbocycles. The van der Waals surface area contributed by atoms with Crippen LogP contribution in [0.5, 0.6) is 5.75 Å². The number of hydrogen-bond donors (Lipinski definition) is 2. The van der Waals surface area contributed by atoms with Crippen LogP contribution in [0.1, 0.15) is 64.0 Å². The van der Waals surface area contributed by atoms with Crippen LogP contribution in [0.25, 0.3) is 11.3 Å². The van der Waals surface area contributed by atoms with Crippen molar-refractivity contribution in [3.05, 3.63) is 36.2 Å². The number of hydrogen-bond acceptors (Lipinski definition) is 4. The summed E-state index contributed by atoms with van der Waals surface area (Å²) in [5, 5.41) is 12.5. The van der Waals surface area contributed by atoms with E-state index in [0.29, 0.717) is 24.1 Å². The van der Waals surface area contributed by atoms with Gasteiger partial charge in [-0.05, 0) is 43.0 Å². The number of phenols is 1. The lowest BCUT2D eigenvalue weighted by atomic mass is 9.86. The van der Waals surface area contributed by atoms with Gasteiger partial charge in [0.05, 0.1) is 17.6 Å². The van der Waals surface area contributed by atoms with E-state index in [1.165, 1.54) is 19.3 Å². The summed E-state index contributed by atoms with van der Waals surface area (Å²) in [5.74, 6) is 1.46. The lowest BCUT2D eigenvalue weighted by Gasteiger charge is -2.23. The zero-order chi connectivity index (χ0) is 18.5. The highest BCUT2D eigenvalue weighted by Crippen LogP contribution is 2.35. The molecule has 1 heterocycles. The molecule has 3 rings (SSSR count). The van der Waals surface area contributed by atoms with Gasteiger partial charge in [-0.25, -0.2) is 9.97 Å². The molecule has 138 valence electrons. The van der Waals surface area contributed by atoms with Gasteiger partial charge in [-0.1, -0.05) is 33.1 Å². The van der Waals surface area contributed by atoms with Gasteiger partial charge in [-0.3, -0.25) is 4.79 Å². The van der Waals surface area contributed by atoms with E-state index >= 15 is 0 Å². The molecule has 1 aliphatic rings. The normalized spacial score (nSPS) is 15.2. The maximum absolute atomic E-state index is 12.2. The number of nitrogens with zero attached hydrogens (tertiary/aromatic N) is 2. The molecule has 26 heavy (non-hydrogen) atoms. The van der Waals surface area contributed by atoms with Crippen molar-refractivity contribution in [2.75, 3.05) is 5.32 Å². The minimum Gasteiger partial charge on any atom is -0.508 e. The van der Waals surface area contributed by atoms with Gasteiger partial charge < -0.3 is 10.4 Å². The monoisotopic (exact) mass is 353 g/mol. The van der Waals surface area contributed by atoms with E-state index in [1.807, 2.05) is 26.0 Å². The third-order valence-electron chi connectivity index (χ3n) is 4.81. The second-order valence-electron chi connectivity index (χ2n) is 7.52. The SMILES string of the molecule is CC(C)CC(=O)Nc1ncc(-c2ccc(O)cc2)nc1C1CCCCC1. The minimum atomic E-state index is -0.0104. The van der Waals surface area contributed by atoms with Crippen LogP contribution in [0, 0.1) is 5.92 Å². The van der Waals surface area contributed by atoms with Gasteiger partial charge in [0.2, 0.25) is 5.91 Å². The predicted molar refractivity (Wildman–Crippen MR) is 103 cm³/mol. The van der Waals surface area contributed by atoms with Gasteiger partial charge in [0.1, 0.15) is 5.75 Å². The Hall–Kier alpha value is -2.43. The van der Waals surface area contributed by atoms with Gasteiger partial charge >= 0.3 is 0 Å². The summed E-state index contributed by atoms with van der Waals surface area (Å²) in [6.45, 7) is 4.06. The molecule has 0 saturated heterocycles. The van der Waals surface area contributed by atoms with E-state index in [4.69, 9.17) is 4.98 Å². The topological polar surface area (TPSA) is 75.1 Å². The highest BCUT2D eigenvalue weighted by molar-refractivity contribution is 5.90. The van der Waals surface area contributed by atoms with Crippen molar-refractivity contribution in [3.63, 3.8) is 0 Å². The largest absolute Gasteiger partial charge is 0.508 e. The fourth-order valence-electron chi connectivity index (χ4n) is 3.49. The molecule has 0 spiro atoms. The first kappa shape index (κ1) is 18.4. The minimum absolute atomic E-state index is 0.0104. The Morgan fingerprint density at radius 1 is 1.19 bits per heavy atom. The summed E-state index contributed by atoms with van der Waals surface area (Å²) in [6.07, 6.45) is 7.98. The molecule has 0 unspecified atom stereocenters. The first-order chi connectivity index (χ1) is 12.5. The molecule has 1 aromatic heterocycles. The molecule has 1 fully saturated rings. The maximum atomic E-state index is 12.2. The number of carbonyl (C=O) groups is 1. The summed E-state index contributed by atoms with van der Waals surface area (Å²) in [5.41, 5.74) is 2.58. The molecule has 0 aliphatic heterocycles. The van der Waals surface area contributed by atoms with Gasteiger partial charge in [0.25, 0.3) is 0 Å². The summed E-state index contributed by atoms with van der Waals surface area (Å²) >= 11 is 0. The molecule has 2 aromatic rings. The van der Waals surface area contributed by atoms with E-state index < -0.39 is 0 Å². The molecule has 0 atom stereocenters. The highest BCUT2D eigenvalue weighted by Gasteiger charge is 2.23. The van der Waals surface area contributed by atoms with E-state index in [-0.39, 0.29) is 11.7 Å². The number of amides is 1. The Bertz CT molecular complexity index is 750. The molecule has 5 heteroatoms. The lowest BCUT2D eigenvalue weighted by molar-refractivity contribution is -0.116. The van der Waals surface area contributed by atoms with Gasteiger partial charge in [0, 0.05) is 17.9 Å². The molecule has 1 saturated carbocycles. The van der Waals surface area contributed by atoms with Crippen LogP contribution in [0.3, 0.4) is 0 Å². The molecule has 1 amide bonds. The average Bonchev–Trinajstić information content (AvgIpc) is 2.63. The number of anilines is 1. The maximum Gasteiger partial charge on any atom is 0.225 e. The van der Waals surface area contributed by atoms with Crippen molar-refractivity contribution in [2.45, 2.75) is 58.3 Å². The lowest BCUT2D eigenvalue weighted by Crippen LogP contribution is -2.19. The molecular formula is C21H27N3O2. The van der Waals surface area contributed by atoms with Crippen molar-refractivity contribution in [1.29, 1.82) is 0 Å². The summed E-state index contributed by atoms with van der Waals surface area (Å²) in [4.78, 5) is 21.7. The molecule has 1 aromatic carbocycles. The Balaban J connectivity index is 1.92. The third kappa shape index (κ3) is 4.59. The van der Waals surface area contributed by atoms with Crippen LogP contribution in [0.4, 0.5) is 5.82 Å². The summed E-state index contributed by atoms with van der Waals surface area (Å²) in [6, 6.07) is 6.97. The average molecular weight is 353 g/mol. The van der Waals surface area contributed by atoms with Crippen LogP contribution >= 0.6 is 0 Å². The quantitative estimate of drug-likeness (QED) is 0.803. The Morgan fingerprint density at radius 3 is 2.54 bits per heavy atom. The van der Waals surface area contributed by atoms with Gasteiger partial charge in [-0.15, -0.1) is 0 Å². The number of nitrogens with one attached hydrogen (secondary N) is 1. The van der Waals surface area contributed by atoms with E-state index in [0.717, 1.165) is 29.8 Å². The summed E-state index contributed by atoms with van der Waals surface area (Å²) in [7, 11) is 0. The highest BCUT2D eigenvalue weighted by atomic mass is 16.3. The Morgan fingerprint density at radius 2 is 1.88 bits per heavy atom. The third-order valence-corrected chi connectivity index (χ3v) is 4.81. The van der Waals surface area contributed by atoms with Gasteiger partial charge in [-0.2, -0.15) is 0 Å². The van der Waals surface area contributed by atoms with Crippen LogP contribution < -0.4 is 5.32 Å². The smallest absolute Gasteiger partial charge is 0.225 e. The number of aromatic hydroxyl groups is 1. The fraction of sp³-hybridized carbons (Fsp3) is 0.476. The van der Waals surface area contributed by atoms with Crippen molar-refractivity contribution < 1.29 is 9.90 Å². The first-order valence-electron chi connectivity index (χ1n) is 9.49. The first-order valence-corrected chi connectivity index (χ1v) is 9.49. The van der Waals surface area contributed by atoms with Gasteiger partial charge in [0.15, 0.2) is 5.82 Å². The number of aromatic nitrogens is 2. The van der Waals surface area contributed by atoms with Crippen molar-refractivity contribution >= 4 is 11.7 Å². The van der Waals surface area contributed by atoms with Crippen molar-refractivity contribution in [1.82, 2.24) is 9.97 Å².